The van der Waals surface area contributed by atoms with Crippen molar-refractivity contribution >= 4 is 9.84 Å². The summed E-state index contributed by atoms with van der Waals surface area (Å²) in [4.78, 5) is 12.9. The third kappa shape index (κ3) is 5.91. The van der Waals surface area contributed by atoms with Crippen LogP contribution in [0.2, 0.25) is 0 Å². The number of methoxy groups -OCH3 is 2. The van der Waals surface area contributed by atoms with E-state index in [0.717, 1.165) is 11.1 Å². The van der Waals surface area contributed by atoms with E-state index in [-0.39, 0.29) is 5.82 Å². The first-order chi connectivity index (χ1) is 18.7. The first-order valence-corrected chi connectivity index (χ1v) is 14.1. The van der Waals surface area contributed by atoms with Crippen LogP contribution >= 0.6 is 0 Å². The van der Waals surface area contributed by atoms with Crippen LogP contribution in [0.25, 0.3) is 17.1 Å². The Bertz CT molecular complexity index is 1520. The first-order valence-electron chi connectivity index (χ1n) is 12.4. The summed E-state index contributed by atoms with van der Waals surface area (Å²) in [6.45, 7) is 7.46. The summed E-state index contributed by atoms with van der Waals surface area (Å²) >= 11 is 0. The monoisotopic (exact) mass is 552 g/mol. The second kappa shape index (κ2) is 11.9. The molecule has 0 aliphatic carbocycles. The normalized spacial score (nSPS) is 13.2. The largest absolute Gasteiger partial charge is 0.494 e. The number of hydrogen-bond acceptors (Lipinski definition) is 10. The molecule has 206 valence electrons. The van der Waals surface area contributed by atoms with Crippen LogP contribution in [0.3, 0.4) is 0 Å². The van der Waals surface area contributed by atoms with Crippen molar-refractivity contribution in [3.63, 3.8) is 0 Å². The maximum Gasteiger partial charge on any atom is 0.170 e. The van der Waals surface area contributed by atoms with Crippen LogP contribution in [-0.4, -0.2) is 64.2 Å². The number of aryl methyl sites for hydroxylation is 2. The van der Waals surface area contributed by atoms with Crippen LogP contribution in [0.4, 0.5) is 0 Å². The van der Waals surface area contributed by atoms with Crippen molar-refractivity contribution in [1.82, 2.24) is 29.7 Å². The zero-order valence-corrected chi connectivity index (χ0v) is 23.6. The van der Waals surface area contributed by atoms with Gasteiger partial charge in [0.25, 0.3) is 0 Å². The topological polar surface area (TPSA) is 131 Å². The SMILES string of the molecule is CCO[C@@H](c1ncc(C)cn1)[C@@H](C)S(=O)(=O)Cc1nnc(-c2cncc(C)c2)n1-c1c(OC)cccc1OC. The summed E-state index contributed by atoms with van der Waals surface area (Å²) in [5, 5.41) is 7.74. The number of rotatable bonds is 11. The smallest absolute Gasteiger partial charge is 0.170 e. The molecule has 0 saturated heterocycles. The molecule has 3 aromatic heterocycles. The van der Waals surface area contributed by atoms with Gasteiger partial charge in [-0.05, 0) is 57.0 Å². The van der Waals surface area contributed by atoms with Crippen molar-refractivity contribution in [3.05, 3.63) is 71.8 Å². The van der Waals surface area contributed by atoms with Gasteiger partial charge in [-0.2, -0.15) is 0 Å². The van der Waals surface area contributed by atoms with Crippen LogP contribution in [0.1, 0.15) is 42.7 Å². The molecule has 2 atom stereocenters. The first kappa shape index (κ1) is 28.1. The highest BCUT2D eigenvalue weighted by Crippen LogP contribution is 2.37. The summed E-state index contributed by atoms with van der Waals surface area (Å²) in [6.07, 6.45) is 5.79. The Balaban J connectivity index is 1.84. The van der Waals surface area contributed by atoms with Gasteiger partial charge in [0.1, 0.15) is 29.0 Å². The zero-order chi connectivity index (χ0) is 28.2. The van der Waals surface area contributed by atoms with Gasteiger partial charge in [0, 0.05) is 37.0 Å². The van der Waals surface area contributed by atoms with Crippen LogP contribution < -0.4 is 9.47 Å². The van der Waals surface area contributed by atoms with Gasteiger partial charge < -0.3 is 14.2 Å². The standard InChI is InChI=1S/C27H32N6O5S/c1-7-38-25(26-29-13-18(3)14-30-26)19(4)39(34,35)16-23-31-32-27(20-11-17(2)12-28-15-20)33(23)24-21(36-5)9-8-10-22(24)37-6/h8-15,19,25H,7,16H2,1-6H3/t19-,25-/m1/s1. The average Bonchev–Trinajstić information content (AvgIpc) is 3.33. The molecular formula is C27H32N6O5S. The minimum Gasteiger partial charge on any atom is -0.494 e. The van der Waals surface area contributed by atoms with Crippen molar-refractivity contribution in [3.8, 4) is 28.6 Å². The van der Waals surface area contributed by atoms with Gasteiger partial charge in [0.05, 0.1) is 19.5 Å². The lowest BCUT2D eigenvalue weighted by atomic mass is 10.2. The average molecular weight is 553 g/mol. The number of pyridine rings is 1. The summed E-state index contributed by atoms with van der Waals surface area (Å²) < 4.78 is 46.5. The Kier molecular flexibility index (Phi) is 8.56. The summed E-state index contributed by atoms with van der Waals surface area (Å²) in [7, 11) is -0.803. The molecular weight excluding hydrogens is 520 g/mol. The van der Waals surface area contributed by atoms with E-state index in [4.69, 9.17) is 14.2 Å². The van der Waals surface area contributed by atoms with Gasteiger partial charge in [-0.25, -0.2) is 18.4 Å². The molecule has 0 radical (unpaired) electrons. The lowest BCUT2D eigenvalue weighted by Crippen LogP contribution is -2.30. The van der Waals surface area contributed by atoms with E-state index in [9.17, 15) is 8.42 Å². The predicted octanol–water partition coefficient (Wildman–Crippen LogP) is 3.83. The van der Waals surface area contributed by atoms with Crippen molar-refractivity contribution in [2.75, 3.05) is 20.8 Å². The molecule has 0 spiro atoms. The second-order valence-electron chi connectivity index (χ2n) is 9.04. The quantitative estimate of drug-likeness (QED) is 0.270. The number of hydrogen-bond donors (Lipinski definition) is 0. The second-order valence-corrected chi connectivity index (χ2v) is 11.4. The molecule has 1 aromatic carbocycles. The number of para-hydroxylation sites is 1. The zero-order valence-electron chi connectivity index (χ0n) is 22.8. The Morgan fingerprint density at radius 1 is 0.949 bits per heavy atom. The Hall–Kier alpha value is -3.90. The number of sulfone groups is 1. The van der Waals surface area contributed by atoms with E-state index in [1.807, 2.05) is 19.9 Å². The van der Waals surface area contributed by atoms with E-state index in [1.54, 1.807) is 61.4 Å². The molecule has 0 unspecified atom stereocenters. The van der Waals surface area contributed by atoms with Crippen LogP contribution in [0, 0.1) is 13.8 Å². The highest BCUT2D eigenvalue weighted by molar-refractivity contribution is 7.91. The van der Waals surface area contributed by atoms with Crippen LogP contribution in [0.5, 0.6) is 11.5 Å². The van der Waals surface area contributed by atoms with Gasteiger partial charge in [0.15, 0.2) is 27.3 Å². The predicted molar refractivity (Wildman–Crippen MR) is 146 cm³/mol. The molecule has 4 aromatic rings. The van der Waals surface area contributed by atoms with Crippen LogP contribution in [0.15, 0.2) is 49.1 Å². The number of nitrogens with zero attached hydrogens (tertiary/aromatic N) is 6. The molecule has 39 heavy (non-hydrogen) atoms. The molecule has 0 fully saturated rings. The minimum atomic E-state index is -3.87. The third-order valence-corrected chi connectivity index (χ3v) is 8.25. The van der Waals surface area contributed by atoms with E-state index >= 15 is 0 Å². The van der Waals surface area contributed by atoms with Crippen molar-refractivity contribution in [2.24, 2.45) is 0 Å². The molecule has 12 heteroatoms. The van der Waals surface area contributed by atoms with E-state index in [0.29, 0.717) is 41.0 Å². The Labute approximate surface area is 228 Å². The van der Waals surface area contributed by atoms with Crippen LogP contribution in [-0.2, 0) is 20.3 Å². The van der Waals surface area contributed by atoms with E-state index in [1.165, 1.54) is 14.2 Å². The van der Waals surface area contributed by atoms with Gasteiger partial charge in [-0.3, -0.25) is 9.55 Å². The molecule has 4 rings (SSSR count). The molecule has 0 amide bonds. The lowest BCUT2D eigenvalue weighted by Gasteiger charge is -2.23. The summed E-state index contributed by atoms with van der Waals surface area (Å²) in [5.41, 5.74) is 2.91. The highest BCUT2D eigenvalue weighted by Gasteiger charge is 2.35. The van der Waals surface area contributed by atoms with Gasteiger partial charge in [0.2, 0.25) is 0 Å². The van der Waals surface area contributed by atoms with Crippen molar-refractivity contribution in [2.45, 2.75) is 44.8 Å². The van der Waals surface area contributed by atoms with Gasteiger partial charge >= 0.3 is 0 Å². The van der Waals surface area contributed by atoms with Gasteiger partial charge in [-0.15, -0.1) is 10.2 Å². The fourth-order valence-electron chi connectivity index (χ4n) is 4.21. The highest BCUT2D eigenvalue weighted by atomic mass is 32.2. The molecule has 11 nitrogen and oxygen atoms in total. The molecule has 0 saturated carbocycles. The lowest BCUT2D eigenvalue weighted by molar-refractivity contribution is 0.0556. The van der Waals surface area contributed by atoms with Crippen molar-refractivity contribution in [1.29, 1.82) is 0 Å². The molecule has 0 aliphatic rings. The van der Waals surface area contributed by atoms with E-state index < -0.39 is 26.9 Å². The number of aromatic nitrogens is 6. The molecule has 0 N–H and O–H groups in total. The third-order valence-electron chi connectivity index (χ3n) is 6.21. The van der Waals surface area contributed by atoms with E-state index in [2.05, 4.69) is 25.1 Å². The summed E-state index contributed by atoms with van der Waals surface area (Å²) in [5.74, 6) is 1.37. The van der Waals surface area contributed by atoms with Gasteiger partial charge in [-0.1, -0.05) is 6.07 Å². The number of ether oxygens (including phenoxy) is 3. The fraction of sp³-hybridized carbons (Fsp3) is 0.370. The Morgan fingerprint density at radius 2 is 1.62 bits per heavy atom. The summed E-state index contributed by atoms with van der Waals surface area (Å²) in [6, 6.07) is 7.20. The van der Waals surface area contributed by atoms with Crippen molar-refractivity contribution < 1.29 is 22.6 Å². The molecule has 0 aliphatic heterocycles. The molecule has 0 bridgehead atoms. The maximum absolute atomic E-state index is 13.9. The number of benzene rings is 1. The molecule has 3 heterocycles. The Morgan fingerprint density at radius 3 is 2.21 bits per heavy atom. The maximum atomic E-state index is 13.9. The minimum absolute atomic E-state index is 0.182. The fourth-order valence-corrected chi connectivity index (χ4v) is 5.60.